The highest BCUT2D eigenvalue weighted by Crippen LogP contribution is 2.25. The zero-order valence-corrected chi connectivity index (χ0v) is 13.7. The molecule has 0 radical (unpaired) electrons. The lowest BCUT2D eigenvalue weighted by Gasteiger charge is -2.27. The fourth-order valence-corrected chi connectivity index (χ4v) is 2.66. The molecule has 0 saturated carbocycles. The number of nitrogens with zero attached hydrogens (tertiary/aromatic N) is 3. The van der Waals surface area contributed by atoms with Gasteiger partial charge in [0.2, 0.25) is 18.2 Å². The smallest absolute Gasteiger partial charge is 0.246 e. The quantitative estimate of drug-likeness (QED) is 0.811. The summed E-state index contributed by atoms with van der Waals surface area (Å²) in [5, 5.41) is 12.1. The number of carbonyl (C=O) groups excluding carboxylic acids is 3. The number of likely N-dealkylation sites (tertiary alicyclic amines) is 1. The number of nitrogens with one attached hydrogen (secondary N) is 1. The van der Waals surface area contributed by atoms with Crippen molar-refractivity contribution >= 4 is 23.9 Å². The van der Waals surface area contributed by atoms with Crippen LogP contribution in [-0.4, -0.2) is 53.7 Å². The molecule has 0 bridgehead atoms. The van der Waals surface area contributed by atoms with Crippen LogP contribution in [0.1, 0.15) is 13.3 Å². The summed E-state index contributed by atoms with van der Waals surface area (Å²) in [6, 6.07) is 9.77. The topological polar surface area (TPSA) is 93.5 Å². The second kappa shape index (κ2) is 7.59. The lowest BCUT2D eigenvalue weighted by atomic mass is 10.1. The highest BCUT2D eigenvalue weighted by atomic mass is 16.2. The van der Waals surface area contributed by atoms with Crippen LogP contribution in [0.5, 0.6) is 0 Å². The minimum Gasteiger partial charge on any atom is -0.337 e. The number of para-hydroxylation sites is 1. The Kier molecular flexibility index (Phi) is 5.53. The molecular formula is C17H20N4O3. The van der Waals surface area contributed by atoms with Crippen molar-refractivity contribution in [1.29, 1.82) is 5.26 Å². The predicted molar refractivity (Wildman–Crippen MR) is 87.6 cm³/mol. The lowest BCUT2D eigenvalue weighted by Crippen LogP contribution is -2.47. The molecule has 2 rings (SSSR count). The maximum atomic E-state index is 12.5. The molecule has 0 aromatic heterocycles. The number of anilines is 1. The van der Waals surface area contributed by atoms with E-state index in [1.165, 1.54) is 16.8 Å². The number of nitriles is 1. The van der Waals surface area contributed by atoms with E-state index in [2.05, 4.69) is 11.4 Å². The van der Waals surface area contributed by atoms with Gasteiger partial charge in [0.05, 0.1) is 12.0 Å². The van der Waals surface area contributed by atoms with E-state index in [1.54, 1.807) is 19.1 Å². The van der Waals surface area contributed by atoms with Crippen LogP contribution in [0.2, 0.25) is 0 Å². The van der Waals surface area contributed by atoms with Crippen LogP contribution in [0.25, 0.3) is 0 Å². The van der Waals surface area contributed by atoms with Crippen molar-refractivity contribution < 1.29 is 14.4 Å². The van der Waals surface area contributed by atoms with Crippen molar-refractivity contribution in [1.82, 2.24) is 9.80 Å². The Morgan fingerprint density at radius 2 is 2.08 bits per heavy atom. The second-order valence-electron chi connectivity index (χ2n) is 5.87. The first-order valence-electron chi connectivity index (χ1n) is 7.71. The molecule has 1 aromatic carbocycles. The summed E-state index contributed by atoms with van der Waals surface area (Å²) in [6.07, 6.45) is 0.859. The molecule has 0 aliphatic carbocycles. The van der Waals surface area contributed by atoms with Crippen molar-refractivity contribution in [3.63, 3.8) is 0 Å². The molecule has 1 saturated heterocycles. The molecule has 7 nitrogen and oxygen atoms in total. The minimum atomic E-state index is -0.672. The first-order valence-corrected chi connectivity index (χ1v) is 7.71. The average Bonchev–Trinajstić information content (AvgIpc) is 3.05. The maximum absolute atomic E-state index is 12.5. The van der Waals surface area contributed by atoms with Gasteiger partial charge in [-0.2, -0.15) is 5.26 Å². The largest absolute Gasteiger partial charge is 0.337 e. The molecule has 1 N–H and O–H groups in total. The molecule has 1 aliphatic heterocycles. The summed E-state index contributed by atoms with van der Waals surface area (Å²) in [6.45, 7) is 1.77. The third-order valence-electron chi connectivity index (χ3n) is 4.28. The molecule has 24 heavy (non-hydrogen) atoms. The van der Waals surface area contributed by atoms with Crippen molar-refractivity contribution in [3.05, 3.63) is 30.3 Å². The Morgan fingerprint density at radius 3 is 2.67 bits per heavy atom. The highest BCUT2D eigenvalue weighted by Gasteiger charge is 2.40. The van der Waals surface area contributed by atoms with Gasteiger partial charge in [-0.15, -0.1) is 0 Å². The van der Waals surface area contributed by atoms with Crippen LogP contribution >= 0.6 is 0 Å². The average molecular weight is 328 g/mol. The normalized spacial score (nSPS) is 20.8. The first-order chi connectivity index (χ1) is 11.5. The summed E-state index contributed by atoms with van der Waals surface area (Å²) < 4.78 is 0. The van der Waals surface area contributed by atoms with Gasteiger partial charge >= 0.3 is 0 Å². The molecule has 1 heterocycles. The zero-order valence-electron chi connectivity index (χ0n) is 13.7. The fraction of sp³-hybridized carbons (Fsp3) is 0.412. The van der Waals surface area contributed by atoms with E-state index in [1.807, 2.05) is 18.2 Å². The van der Waals surface area contributed by atoms with Gasteiger partial charge in [0.25, 0.3) is 0 Å². The van der Waals surface area contributed by atoms with E-state index in [-0.39, 0.29) is 18.4 Å². The summed E-state index contributed by atoms with van der Waals surface area (Å²) >= 11 is 0. The number of amides is 3. The molecule has 7 heteroatoms. The zero-order chi connectivity index (χ0) is 17.7. The number of likely N-dealkylation sites (N-methyl/N-ethyl adjacent to an activating group) is 1. The Labute approximate surface area is 140 Å². The standard InChI is InChI=1S/C17H20N4O3/c1-12(20(2)11-22)17(24)21-10-13(8-15(21)9-18)16(23)19-14-6-4-3-5-7-14/h3-7,11-13,15H,8,10H2,1-2H3,(H,19,23). The highest BCUT2D eigenvalue weighted by molar-refractivity contribution is 5.94. The Balaban J connectivity index is 2.06. The summed E-state index contributed by atoms with van der Waals surface area (Å²) in [5.74, 6) is -0.994. The van der Waals surface area contributed by atoms with Crippen molar-refractivity contribution in [3.8, 4) is 6.07 Å². The molecule has 0 spiro atoms. The second-order valence-corrected chi connectivity index (χ2v) is 5.87. The van der Waals surface area contributed by atoms with Crippen molar-refractivity contribution in [2.45, 2.75) is 25.4 Å². The fourth-order valence-electron chi connectivity index (χ4n) is 2.66. The van der Waals surface area contributed by atoms with Gasteiger partial charge in [0, 0.05) is 19.3 Å². The van der Waals surface area contributed by atoms with E-state index < -0.39 is 18.0 Å². The van der Waals surface area contributed by atoms with Gasteiger partial charge in [-0.25, -0.2) is 0 Å². The van der Waals surface area contributed by atoms with Crippen molar-refractivity contribution in [2.75, 3.05) is 18.9 Å². The Bertz CT molecular complexity index is 656. The van der Waals surface area contributed by atoms with E-state index in [4.69, 9.17) is 0 Å². The van der Waals surface area contributed by atoms with E-state index in [0.717, 1.165) is 0 Å². The minimum absolute atomic E-state index is 0.173. The van der Waals surface area contributed by atoms with Crippen LogP contribution in [-0.2, 0) is 14.4 Å². The van der Waals surface area contributed by atoms with Gasteiger partial charge in [-0.05, 0) is 25.5 Å². The van der Waals surface area contributed by atoms with Gasteiger partial charge in [0.1, 0.15) is 12.1 Å². The van der Waals surface area contributed by atoms with Crippen LogP contribution < -0.4 is 5.32 Å². The molecule has 3 unspecified atom stereocenters. The van der Waals surface area contributed by atoms with Gasteiger partial charge in [-0.1, -0.05) is 18.2 Å². The van der Waals surface area contributed by atoms with E-state index >= 15 is 0 Å². The molecular weight excluding hydrogens is 308 g/mol. The molecule has 1 aromatic rings. The first kappa shape index (κ1) is 17.5. The predicted octanol–water partition coefficient (Wildman–Crippen LogP) is 0.842. The number of rotatable bonds is 5. The number of carbonyl (C=O) groups is 3. The van der Waals surface area contributed by atoms with Gasteiger partial charge in [-0.3, -0.25) is 14.4 Å². The van der Waals surface area contributed by atoms with Crippen LogP contribution in [0, 0.1) is 17.2 Å². The van der Waals surface area contributed by atoms with Crippen molar-refractivity contribution in [2.24, 2.45) is 5.92 Å². The Morgan fingerprint density at radius 1 is 1.42 bits per heavy atom. The lowest BCUT2D eigenvalue weighted by molar-refractivity contribution is -0.139. The van der Waals surface area contributed by atoms with E-state index in [0.29, 0.717) is 18.5 Å². The third kappa shape index (κ3) is 3.71. The molecule has 1 aliphatic rings. The third-order valence-corrected chi connectivity index (χ3v) is 4.28. The monoisotopic (exact) mass is 328 g/mol. The van der Waals surface area contributed by atoms with Gasteiger partial charge < -0.3 is 15.1 Å². The van der Waals surface area contributed by atoms with Gasteiger partial charge in [0.15, 0.2) is 0 Å². The van der Waals surface area contributed by atoms with E-state index in [9.17, 15) is 19.6 Å². The number of hydrogen-bond acceptors (Lipinski definition) is 4. The number of benzene rings is 1. The Hall–Kier alpha value is -2.88. The maximum Gasteiger partial charge on any atom is 0.246 e. The summed E-state index contributed by atoms with van der Waals surface area (Å²) in [5.41, 5.74) is 0.676. The summed E-state index contributed by atoms with van der Waals surface area (Å²) in [7, 11) is 1.51. The number of hydrogen-bond donors (Lipinski definition) is 1. The molecule has 126 valence electrons. The summed E-state index contributed by atoms with van der Waals surface area (Å²) in [4.78, 5) is 38.3. The van der Waals surface area contributed by atoms with Crippen LogP contribution in [0.4, 0.5) is 5.69 Å². The molecule has 1 fully saturated rings. The van der Waals surface area contributed by atoms with Crippen LogP contribution in [0.3, 0.4) is 0 Å². The van der Waals surface area contributed by atoms with Crippen LogP contribution in [0.15, 0.2) is 30.3 Å². The SMILES string of the molecule is CC(C(=O)N1CC(C(=O)Nc2ccccc2)CC1C#N)N(C)C=O. The molecule has 3 atom stereocenters. The molecule has 3 amide bonds.